The van der Waals surface area contributed by atoms with E-state index in [1.54, 1.807) is 18.2 Å². The van der Waals surface area contributed by atoms with Crippen molar-refractivity contribution >= 4 is 11.6 Å². The highest BCUT2D eigenvalue weighted by Gasteiger charge is 2.29. The number of anilines is 1. The number of nitrogens with one attached hydrogen (secondary N) is 1. The number of alkyl halides is 3. The normalized spacial score (nSPS) is 13.2. The molecule has 0 fully saturated rings. The van der Waals surface area contributed by atoms with Crippen molar-refractivity contribution in [3.05, 3.63) is 53.1 Å². The summed E-state index contributed by atoms with van der Waals surface area (Å²) in [6.07, 6.45) is -1.79. The molecule has 180 valence electrons. The number of fused-ring (bicyclic) bond motifs is 1. The number of halogens is 3. The molecule has 2 aromatic carbocycles. The average Bonchev–Trinajstić information content (AvgIpc) is 3.17. The number of hydrogen-bond donors (Lipinski definition) is 2. The number of nitrogens with two attached hydrogens (primary N) is 1. The summed E-state index contributed by atoms with van der Waals surface area (Å²) in [5.74, 6) is -0.0853. The third-order valence-electron chi connectivity index (χ3n) is 5.34. The summed E-state index contributed by atoms with van der Waals surface area (Å²) in [6.45, 7) is 3.98. The first-order chi connectivity index (χ1) is 15.8. The Hall–Kier alpha value is -2.94. The largest absolute Gasteiger partial charge is 0.488 e. The third kappa shape index (κ3) is 7.02. The van der Waals surface area contributed by atoms with Crippen molar-refractivity contribution in [3.8, 4) is 11.5 Å². The van der Waals surface area contributed by atoms with Gasteiger partial charge in [0.2, 0.25) is 0 Å². The van der Waals surface area contributed by atoms with Crippen molar-refractivity contribution in [2.75, 3.05) is 44.3 Å². The van der Waals surface area contributed by atoms with Crippen LogP contribution in [0.25, 0.3) is 0 Å². The van der Waals surface area contributed by atoms with Gasteiger partial charge in [-0.05, 0) is 55.1 Å². The zero-order valence-corrected chi connectivity index (χ0v) is 18.7. The number of amides is 1. The van der Waals surface area contributed by atoms with Crippen molar-refractivity contribution in [3.63, 3.8) is 0 Å². The van der Waals surface area contributed by atoms with Crippen LogP contribution in [0.15, 0.2) is 36.4 Å². The molecule has 9 heteroatoms. The van der Waals surface area contributed by atoms with Gasteiger partial charge in [-0.3, -0.25) is 4.79 Å². The minimum Gasteiger partial charge on any atom is -0.488 e. The summed E-state index contributed by atoms with van der Waals surface area (Å²) < 4.78 is 47.6. The maximum absolute atomic E-state index is 12.4. The van der Waals surface area contributed by atoms with Gasteiger partial charge in [-0.2, -0.15) is 13.2 Å². The SMILES string of the molecule is CCCN1CCc2cc(CCNCCOc3ccccc3OCC(F)(F)F)cc(C(N)=O)c21. The Balaban J connectivity index is 1.48. The standard InChI is InChI=1S/C24H30F3N3O3/c1-2-11-30-12-8-18-14-17(15-19(22(18)30)23(28)31)7-9-29-10-13-32-20-5-3-4-6-21(20)33-16-24(25,26)27/h3-6,14-15,29H,2,7-13,16H2,1H3,(H2,28,31). The topological polar surface area (TPSA) is 76.8 Å². The average molecular weight is 466 g/mol. The summed E-state index contributed by atoms with van der Waals surface area (Å²) in [7, 11) is 0. The van der Waals surface area contributed by atoms with Gasteiger partial charge < -0.3 is 25.4 Å². The number of carbonyl (C=O) groups excluding carboxylic acids is 1. The Morgan fingerprint density at radius 1 is 1.15 bits per heavy atom. The highest BCUT2D eigenvalue weighted by atomic mass is 19.4. The molecule has 3 rings (SSSR count). The van der Waals surface area contributed by atoms with Gasteiger partial charge in [0.05, 0.1) is 11.3 Å². The van der Waals surface area contributed by atoms with E-state index in [1.807, 2.05) is 6.07 Å². The second-order valence-corrected chi connectivity index (χ2v) is 7.95. The van der Waals surface area contributed by atoms with Crippen LogP contribution < -0.4 is 25.4 Å². The predicted octanol–water partition coefficient (Wildman–Crippen LogP) is 3.71. The van der Waals surface area contributed by atoms with Crippen molar-refractivity contribution in [2.24, 2.45) is 5.73 Å². The van der Waals surface area contributed by atoms with E-state index in [1.165, 1.54) is 6.07 Å². The Labute approximate surface area is 191 Å². The van der Waals surface area contributed by atoms with E-state index in [2.05, 4.69) is 23.2 Å². The lowest BCUT2D eigenvalue weighted by molar-refractivity contribution is -0.153. The Morgan fingerprint density at radius 3 is 2.55 bits per heavy atom. The minimum absolute atomic E-state index is 0.0593. The van der Waals surface area contributed by atoms with Crippen LogP contribution in [0.5, 0.6) is 11.5 Å². The zero-order chi connectivity index (χ0) is 23.8. The molecule has 2 aromatic rings. The molecule has 0 bridgehead atoms. The lowest BCUT2D eigenvalue weighted by atomic mass is 10.00. The number of primary amides is 1. The predicted molar refractivity (Wildman–Crippen MR) is 121 cm³/mol. The molecule has 1 heterocycles. The zero-order valence-electron chi connectivity index (χ0n) is 18.7. The molecule has 0 spiro atoms. The van der Waals surface area contributed by atoms with Crippen LogP contribution in [0, 0.1) is 0 Å². The van der Waals surface area contributed by atoms with Crippen molar-refractivity contribution in [2.45, 2.75) is 32.4 Å². The molecule has 1 amide bonds. The van der Waals surface area contributed by atoms with Gasteiger partial charge in [0.1, 0.15) is 6.61 Å². The summed E-state index contributed by atoms with van der Waals surface area (Å²) in [4.78, 5) is 14.3. The molecular formula is C24H30F3N3O3. The molecule has 0 atom stereocenters. The quantitative estimate of drug-likeness (QED) is 0.468. The molecule has 0 unspecified atom stereocenters. The van der Waals surface area contributed by atoms with Crippen LogP contribution in [-0.2, 0) is 12.8 Å². The number of benzene rings is 2. The molecule has 0 saturated carbocycles. The second kappa shape index (κ2) is 11.3. The fourth-order valence-corrected chi connectivity index (χ4v) is 3.96. The summed E-state index contributed by atoms with van der Waals surface area (Å²) in [6, 6.07) is 10.3. The molecule has 1 aliphatic rings. The van der Waals surface area contributed by atoms with E-state index >= 15 is 0 Å². The Bertz CT molecular complexity index is 950. The molecule has 0 saturated heterocycles. The maximum Gasteiger partial charge on any atom is 0.422 e. The van der Waals surface area contributed by atoms with Crippen LogP contribution in [0.4, 0.5) is 18.9 Å². The van der Waals surface area contributed by atoms with E-state index in [0.29, 0.717) is 25.1 Å². The van der Waals surface area contributed by atoms with E-state index in [-0.39, 0.29) is 18.1 Å². The summed E-state index contributed by atoms with van der Waals surface area (Å²) >= 11 is 0. The van der Waals surface area contributed by atoms with Gasteiger partial charge in [0.25, 0.3) is 5.91 Å². The highest BCUT2D eigenvalue weighted by molar-refractivity contribution is 6.00. The molecule has 0 aromatic heterocycles. The summed E-state index contributed by atoms with van der Waals surface area (Å²) in [5.41, 5.74) is 9.40. The fraction of sp³-hybridized carbons (Fsp3) is 0.458. The van der Waals surface area contributed by atoms with Crippen LogP contribution in [0.1, 0.15) is 34.8 Å². The first-order valence-electron chi connectivity index (χ1n) is 11.1. The number of nitrogens with zero attached hydrogens (tertiary/aromatic N) is 1. The number of carbonyl (C=O) groups is 1. The van der Waals surface area contributed by atoms with Gasteiger partial charge in [0, 0.05) is 19.6 Å². The van der Waals surface area contributed by atoms with Crippen LogP contribution in [0.2, 0.25) is 0 Å². The van der Waals surface area contributed by atoms with Crippen LogP contribution >= 0.6 is 0 Å². The van der Waals surface area contributed by atoms with Crippen LogP contribution in [0.3, 0.4) is 0 Å². The van der Waals surface area contributed by atoms with Crippen molar-refractivity contribution < 1.29 is 27.4 Å². The highest BCUT2D eigenvalue weighted by Crippen LogP contribution is 2.33. The van der Waals surface area contributed by atoms with Crippen LogP contribution in [-0.4, -0.2) is 51.5 Å². The molecule has 33 heavy (non-hydrogen) atoms. The van der Waals surface area contributed by atoms with E-state index in [9.17, 15) is 18.0 Å². The monoisotopic (exact) mass is 465 g/mol. The van der Waals surface area contributed by atoms with Gasteiger partial charge in [-0.1, -0.05) is 25.1 Å². The van der Waals surface area contributed by atoms with Crippen molar-refractivity contribution in [1.29, 1.82) is 0 Å². The van der Waals surface area contributed by atoms with Gasteiger partial charge in [-0.15, -0.1) is 0 Å². The first-order valence-corrected chi connectivity index (χ1v) is 11.1. The second-order valence-electron chi connectivity index (χ2n) is 7.95. The first kappa shape index (κ1) is 24.7. The summed E-state index contributed by atoms with van der Waals surface area (Å²) in [5, 5.41) is 3.25. The lowest BCUT2D eigenvalue weighted by Gasteiger charge is -2.21. The van der Waals surface area contributed by atoms with E-state index in [4.69, 9.17) is 15.2 Å². The lowest BCUT2D eigenvalue weighted by Crippen LogP contribution is -2.25. The number of rotatable bonds is 12. The molecule has 1 aliphatic heterocycles. The number of para-hydroxylation sites is 2. The molecule has 0 aliphatic carbocycles. The molecule has 0 radical (unpaired) electrons. The number of hydrogen-bond acceptors (Lipinski definition) is 5. The minimum atomic E-state index is -4.41. The van der Waals surface area contributed by atoms with Gasteiger partial charge in [-0.25, -0.2) is 0 Å². The third-order valence-corrected chi connectivity index (χ3v) is 5.34. The van der Waals surface area contributed by atoms with Crippen molar-refractivity contribution in [1.82, 2.24) is 5.32 Å². The Morgan fingerprint density at radius 2 is 1.88 bits per heavy atom. The Kier molecular flexibility index (Phi) is 8.43. The molecular weight excluding hydrogens is 435 g/mol. The van der Waals surface area contributed by atoms with Gasteiger partial charge >= 0.3 is 6.18 Å². The molecule has 6 nitrogen and oxygen atoms in total. The molecule has 3 N–H and O–H groups in total. The van der Waals surface area contributed by atoms with E-state index in [0.717, 1.165) is 42.7 Å². The number of ether oxygens (including phenoxy) is 2. The van der Waals surface area contributed by atoms with E-state index < -0.39 is 18.7 Å². The smallest absolute Gasteiger partial charge is 0.422 e. The maximum atomic E-state index is 12.4. The fourth-order valence-electron chi connectivity index (χ4n) is 3.96. The van der Waals surface area contributed by atoms with Gasteiger partial charge in [0.15, 0.2) is 18.1 Å².